The number of amides is 2. The molecule has 11 nitrogen and oxygen atoms in total. The maximum Gasteiger partial charge on any atom is 0.352 e. The average Bonchev–Trinajstić information content (AvgIpc) is 3.33. The van der Waals surface area contributed by atoms with Gasteiger partial charge >= 0.3 is 5.69 Å². The number of benzene rings is 1. The number of aliphatic hydroxyl groups excluding tert-OH is 1. The van der Waals surface area contributed by atoms with E-state index in [1.807, 2.05) is 0 Å². The van der Waals surface area contributed by atoms with Crippen molar-refractivity contribution in [3.63, 3.8) is 0 Å². The number of nitrogens with one attached hydrogen (secondary N) is 2. The van der Waals surface area contributed by atoms with Crippen LogP contribution in [0.2, 0.25) is 0 Å². The standard InChI is InChI=1S/C23H26FN5O6/c1-14-12-28(20-8-6-17(13-30)35-20)23(34)29(22(14)33)27-19(31)4-2-3-9-26-21(32)15-5-7-18(24)16(10-15)11-25/h5,7,10,12,17,20,30H,2-4,6,8-9,13H2,1H3,(H,26,32)(H,27,31). The SMILES string of the molecule is Cc1cn(C2CCC(CO)O2)c(=O)n(NC(=O)CCCCNC(=O)c2ccc(F)c(C#N)c2)c1=O. The number of hydrogen-bond acceptors (Lipinski definition) is 7. The summed E-state index contributed by atoms with van der Waals surface area (Å²) in [6.45, 7) is 1.57. The lowest BCUT2D eigenvalue weighted by molar-refractivity contribution is -0.117. The second-order valence-corrected chi connectivity index (χ2v) is 8.17. The fraction of sp³-hybridized carbons (Fsp3) is 0.435. The zero-order chi connectivity index (χ0) is 25.5. The van der Waals surface area contributed by atoms with E-state index >= 15 is 0 Å². The minimum atomic E-state index is -0.749. The number of unbranched alkanes of at least 4 members (excludes halogenated alkanes) is 1. The smallest absolute Gasteiger partial charge is 0.352 e. The molecule has 1 aromatic heterocycles. The third-order valence-electron chi connectivity index (χ3n) is 5.59. The number of hydrogen-bond donors (Lipinski definition) is 3. The van der Waals surface area contributed by atoms with Crippen molar-refractivity contribution in [3.8, 4) is 6.07 Å². The van der Waals surface area contributed by atoms with Gasteiger partial charge in [-0.2, -0.15) is 9.94 Å². The topological polar surface area (TPSA) is 155 Å². The third kappa shape index (κ3) is 6.20. The van der Waals surface area contributed by atoms with E-state index in [0.29, 0.717) is 30.4 Å². The van der Waals surface area contributed by atoms with Crippen molar-refractivity contribution in [2.75, 3.05) is 18.6 Å². The number of ether oxygens (including phenoxy) is 1. The number of carbonyl (C=O) groups excluding carboxylic acids is 2. The second-order valence-electron chi connectivity index (χ2n) is 8.17. The highest BCUT2D eigenvalue weighted by Gasteiger charge is 2.28. The van der Waals surface area contributed by atoms with Crippen molar-refractivity contribution in [1.82, 2.24) is 14.6 Å². The highest BCUT2D eigenvalue weighted by Crippen LogP contribution is 2.26. The van der Waals surface area contributed by atoms with Crippen molar-refractivity contribution in [3.05, 3.63) is 67.7 Å². The van der Waals surface area contributed by atoms with Gasteiger partial charge in [0.1, 0.15) is 18.1 Å². The molecular weight excluding hydrogens is 461 g/mol. The molecule has 0 bridgehead atoms. The van der Waals surface area contributed by atoms with Crippen molar-refractivity contribution in [2.24, 2.45) is 0 Å². The van der Waals surface area contributed by atoms with Crippen LogP contribution in [0.4, 0.5) is 4.39 Å². The van der Waals surface area contributed by atoms with Crippen LogP contribution in [0, 0.1) is 24.1 Å². The molecule has 2 amide bonds. The second kappa shape index (κ2) is 11.5. The summed E-state index contributed by atoms with van der Waals surface area (Å²) in [5.74, 6) is -1.74. The Morgan fingerprint density at radius 3 is 2.74 bits per heavy atom. The Morgan fingerprint density at radius 2 is 2.06 bits per heavy atom. The molecule has 2 atom stereocenters. The molecule has 1 aromatic carbocycles. The third-order valence-corrected chi connectivity index (χ3v) is 5.59. The van der Waals surface area contributed by atoms with Gasteiger partial charge in [-0.25, -0.2) is 9.18 Å². The molecule has 3 rings (SSSR count). The Labute approximate surface area is 199 Å². The van der Waals surface area contributed by atoms with Crippen LogP contribution in [0.1, 0.15) is 59.8 Å². The summed E-state index contributed by atoms with van der Waals surface area (Å²) in [5.41, 5.74) is 1.08. The largest absolute Gasteiger partial charge is 0.394 e. The van der Waals surface area contributed by atoms with Crippen LogP contribution in [0.15, 0.2) is 34.0 Å². The van der Waals surface area contributed by atoms with Crippen LogP contribution in [-0.2, 0) is 9.53 Å². The van der Waals surface area contributed by atoms with Gasteiger partial charge < -0.3 is 15.2 Å². The molecule has 0 saturated carbocycles. The van der Waals surface area contributed by atoms with Crippen LogP contribution in [0.3, 0.4) is 0 Å². The van der Waals surface area contributed by atoms with E-state index in [4.69, 9.17) is 10.00 Å². The summed E-state index contributed by atoms with van der Waals surface area (Å²) in [6, 6.07) is 5.14. The molecule has 1 saturated heterocycles. The molecule has 35 heavy (non-hydrogen) atoms. The van der Waals surface area contributed by atoms with Gasteiger partial charge in [0.05, 0.1) is 18.3 Å². The quantitative estimate of drug-likeness (QED) is 0.439. The number of aliphatic hydroxyl groups is 1. The number of carbonyl (C=O) groups is 2. The van der Waals surface area contributed by atoms with Crippen LogP contribution < -0.4 is 22.0 Å². The van der Waals surface area contributed by atoms with E-state index in [1.165, 1.54) is 23.8 Å². The molecule has 1 aliphatic heterocycles. The Morgan fingerprint density at radius 1 is 1.29 bits per heavy atom. The van der Waals surface area contributed by atoms with Gasteiger partial charge in [0.2, 0.25) is 5.91 Å². The lowest BCUT2D eigenvalue weighted by Gasteiger charge is -2.18. The molecule has 186 valence electrons. The molecule has 0 radical (unpaired) electrons. The summed E-state index contributed by atoms with van der Waals surface area (Å²) >= 11 is 0. The number of aryl methyl sites for hydroxylation is 1. The van der Waals surface area contributed by atoms with E-state index in [2.05, 4.69) is 10.7 Å². The Hall–Kier alpha value is -3.82. The molecule has 0 aliphatic carbocycles. The van der Waals surface area contributed by atoms with Crippen molar-refractivity contribution >= 4 is 11.8 Å². The highest BCUT2D eigenvalue weighted by atomic mass is 19.1. The summed E-state index contributed by atoms with van der Waals surface area (Å²) in [5, 5.41) is 20.7. The zero-order valence-electron chi connectivity index (χ0n) is 19.1. The number of aromatic nitrogens is 2. The van der Waals surface area contributed by atoms with Crippen molar-refractivity contribution < 1.29 is 23.8 Å². The molecule has 2 unspecified atom stereocenters. The van der Waals surface area contributed by atoms with Crippen molar-refractivity contribution in [1.29, 1.82) is 5.26 Å². The molecular formula is C23H26FN5O6. The first-order chi connectivity index (χ1) is 16.7. The zero-order valence-corrected chi connectivity index (χ0v) is 19.1. The van der Waals surface area contributed by atoms with Gasteiger partial charge in [-0.15, -0.1) is 0 Å². The normalized spacial score (nSPS) is 17.1. The number of halogens is 1. The maximum absolute atomic E-state index is 13.4. The lowest BCUT2D eigenvalue weighted by atomic mass is 10.1. The number of nitrogens with zero attached hydrogens (tertiary/aromatic N) is 3. The Balaban J connectivity index is 1.52. The maximum atomic E-state index is 13.4. The minimum Gasteiger partial charge on any atom is -0.394 e. The molecule has 0 spiro atoms. The molecule has 1 fully saturated rings. The summed E-state index contributed by atoms with van der Waals surface area (Å²) in [6.07, 6.45) is 2.18. The summed E-state index contributed by atoms with van der Waals surface area (Å²) in [4.78, 5) is 49.7. The van der Waals surface area contributed by atoms with E-state index < -0.39 is 35.1 Å². The average molecular weight is 487 g/mol. The van der Waals surface area contributed by atoms with Gasteiger partial charge in [0.25, 0.3) is 11.5 Å². The first-order valence-electron chi connectivity index (χ1n) is 11.1. The first kappa shape index (κ1) is 25.8. The van der Waals surface area contributed by atoms with Crippen LogP contribution >= 0.6 is 0 Å². The number of rotatable bonds is 9. The molecule has 3 N–H and O–H groups in total. The van der Waals surface area contributed by atoms with E-state index in [1.54, 1.807) is 6.07 Å². The number of nitriles is 1. The van der Waals surface area contributed by atoms with Gasteiger partial charge in [-0.3, -0.25) is 24.4 Å². The predicted octanol–water partition coefficient (Wildman–Crippen LogP) is 0.669. The Bertz CT molecular complexity index is 1260. The van der Waals surface area contributed by atoms with Crippen molar-refractivity contribution in [2.45, 2.75) is 51.4 Å². The lowest BCUT2D eigenvalue weighted by Crippen LogP contribution is -2.48. The molecule has 12 heteroatoms. The van der Waals surface area contributed by atoms with Gasteiger partial charge in [-0.05, 0) is 50.8 Å². The van der Waals surface area contributed by atoms with Gasteiger partial charge in [-0.1, -0.05) is 0 Å². The van der Waals surface area contributed by atoms with Gasteiger partial charge in [0.15, 0.2) is 0 Å². The van der Waals surface area contributed by atoms with Crippen LogP contribution in [0.25, 0.3) is 0 Å². The van der Waals surface area contributed by atoms with Gasteiger partial charge in [0, 0.05) is 30.3 Å². The summed E-state index contributed by atoms with van der Waals surface area (Å²) < 4.78 is 20.9. The van der Waals surface area contributed by atoms with E-state index in [-0.39, 0.29) is 42.4 Å². The monoisotopic (exact) mass is 487 g/mol. The van der Waals surface area contributed by atoms with E-state index in [9.17, 15) is 28.7 Å². The Kier molecular flexibility index (Phi) is 8.51. The molecule has 2 aromatic rings. The minimum absolute atomic E-state index is 0.00264. The van der Waals surface area contributed by atoms with Crippen LogP contribution in [-0.4, -0.2) is 45.4 Å². The summed E-state index contributed by atoms with van der Waals surface area (Å²) in [7, 11) is 0. The molecule has 2 heterocycles. The fourth-order valence-corrected chi connectivity index (χ4v) is 3.68. The highest BCUT2D eigenvalue weighted by molar-refractivity contribution is 5.94. The molecule has 1 aliphatic rings. The van der Waals surface area contributed by atoms with Crippen LogP contribution in [0.5, 0.6) is 0 Å². The van der Waals surface area contributed by atoms with E-state index in [0.717, 1.165) is 12.1 Å². The predicted molar refractivity (Wildman–Crippen MR) is 122 cm³/mol. The first-order valence-corrected chi connectivity index (χ1v) is 11.1. The fourth-order valence-electron chi connectivity index (χ4n) is 3.68.